The third kappa shape index (κ3) is 3.92. The molecule has 44 heavy (non-hydrogen) atoms. The van der Waals surface area contributed by atoms with E-state index in [1.54, 1.807) is 0 Å². The van der Waals surface area contributed by atoms with Gasteiger partial charge in [0.2, 0.25) is 0 Å². The van der Waals surface area contributed by atoms with Gasteiger partial charge in [-0.25, -0.2) is 0 Å². The van der Waals surface area contributed by atoms with Crippen molar-refractivity contribution in [3.63, 3.8) is 0 Å². The van der Waals surface area contributed by atoms with Gasteiger partial charge in [0, 0.05) is 0 Å². The van der Waals surface area contributed by atoms with E-state index >= 15 is 0 Å². The minimum atomic E-state index is 1.23. The zero-order chi connectivity index (χ0) is 29.0. The lowest BCUT2D eigenvalue weighted by molar-refractivity contribution is 1.66. The topological polar surface area (TPSA) is 0 Å². The van der Waals surface area contributed by atoms with Crippen molar-refractivity contribution in [1.29, 1.82) is 0 Å². The molecule has 0 heterocycles. The predicted octanol–water partition coefficient (Wildman–Crippen LogP) is 12.5. The van der Waals surface area contributed by atoms with E-state index in [9.17, 15) is 0 Å². The monoisotopic (exact) mass is 556 g/mol. The van der Waals surface area contributed by atoms with Crippen molar-refractivity contribution >= 4 is 53.9 Å². The summed E-state index contributed by atoms with van der Waals surface area (Å²) in [5, 5.41) is 12.7. The van der Waals surface area contributed by atoms with Crippen molar-refractivity contribution in [3.8, 4) is 33.4 Å². The minimum Gasteiger partial charge on any atom is -0.0616 e. The normalized spacial score (nSPS) is 11.6. The molecule has 9 rings (SSSR count). The summed E-state index contributed by atoms with van der Waals surface area (Å²) in [7, 11) is 0. The lowest BCUT2D eigenvalue weighted by atomic mass is 9.84. The Labute approximate surface area is 256 Å². The van der Waals surface area contributed by atoms with Gasteiger partial charge in [0.25, 0.3) is 0 Å². The molecule has 0 unspecified atom stereocenters. The van der Waals surface area contributed by atoms with Crippen LogP contribution in [-0.2, 0) is 0 Å². The predicted molar refractivity (Wildman–Crippen MR) is 190 cm³/mol. The lowest BCUT2D eigenvalue weighted by Gasteiger charge is -2.19. The molecule has 0 aromatic heterocycles. The largest absolute Gasteiger partial charge is 0.0616 e. The molecular formula is C44H28. The molecule has 0 radical (unpaired) electrons. The van der Waals surface area contributed by atoms with Gasteiger partial charge in [-0.15, -0.1) is 0 Å². The molecule has 0 aliphatic carbocycles. The minimum absolute atomic E-state index is 1.23. The number of rotatable bonds is 3. The Morgan fingerprint density at radius 1 is 0.227 bits per heavy atom. The summed E-state index contributed by atoms with van der Waals surface area (Å²) in [5.41, 5.74) is 7.55. The van der Waals surface area contributed by atoms with Gasteiger partial charge < -0.3 is 0 Å². The molecule has 0 spiro atoms. The molecule has 0 fully saturated rings. The highest BCUT2D eigenvalue weighted by Crippen LogP contribution is 2.46. The molecule has 9 aromatic rings. The fourth-order valence-corrected chi connectivity index (χ4v) is 7.13. The van der Waals surface area contributed by atoms with Crippen LogP contribution in [0.2, 0.25) is 0 Å². The third-order valence-corrected chi connectivity index (χ3v) is 9.20. The summed E-state index contributed by atoms with van der Waals surface area (Å²) in [5.74, 6) is 0. The van der Waals surface area contributed by atoms with Gasteiger partial charge in [0.1, 0.15) is 0 Å². The van der Waals surface area contributed by atoms with Crippen LogP contribution >= 0.6 is 0 Å². The maximum Gasteiger partial charge on any atom is -0.00259 e. The molecule has 0 bridgehead atoms. The molecular weight excluding hydrogens is 528 g/mol. The van der Waals surface area contributed by atoms with E-state index in [-0.39, 0.29) is 0 Å². The molecule has 0 amide bonds. The Bertz CT molecular complexity index is 2550. The van der Waals surface area contributed by atoms with E-state index < -0.39 is 0 Å². The van der Waals surface area contributed by atoms with Crippen molar-refractivity contribution < 1.29 is 0 Å². The molecule has 0 aliphatic rings. The van der Waals surface area contributed by atoms with Crippen molar-refractivity contribution in [2.24, 2.45) is 0 Å². The van der Waals surface area contributed by atoms with Crippen molar-refractivity contribution in [1.82, 2.24) is 0 Å². The molecule has 0 heteroatoms. The van der Waals surface area contributed by atoms with E-state index in [1.165, 1.54) is 87.2 Å². The van der Waals surface area contributed by atoms with Gasteiger partial charge in [-0.05, 0) is 105 Å². The quantitative estimate of drug-likeness (QED) is 0.190. The highest BCUT2D eigenvalue weighted by molar-refractivity contribution is 6.22. The van der Waals surface area contributed by atoms with Crippen LogP contribution in [-0.4, -0.2) is 0 Å². The van der Waals surface area contributed by atoms with E-state index in [4.69, 9.17) is 0 Å². The summed E-state index contributed by atoms with van der Waals surface area (Å²) < 4.78 is 0. The van der Waals surface area contributed by atoms with Crippen LogP contribution in [0.5, 0.6) is 0 Å². The zero-order valence-corrected chi connectivity index (χ0v) is 24.2. The van der Waals surface area contributed by atoms with Gasteiger partial charge in [-0.1, -0.05) is 152 Å². The Morgan fingerprint density at radius 3 is 1.32 bits per heavy atom. The zero-order valence-electron chi connectivity index (χ0n) is 24.2. The van der Waals surface area contributed by atoms with Gasteiger partial charge in [-0.2, -0.15) is 0 Å². The van der Waals surface area contributed by atoms with Crippen LogP contribution in [0.3, 0.4) is 0 Å². The smallest absolute Gasteiger partial charge is 0.00259 e. The van der Waals surface area contributed by atoms with Crippen LogP contribution in [0, 0.1) is 0 Å². The average Bonchev–Trinajstić information content (AvgIpc) is 3.09. The number of hydrogen-bond acceptors (Lipinski definition) is 0. The van der Waals surface area contributed by atoms with E-state index in [0.717, 1.165) is 0 Å². The Balaban J connectivity index is 1.42. The third-order valence-electron chi connectivity index (χ3n) is 9.20. The molecule has 0 nitrogen and oxygen atoms in total. The van der Waals surface area contributed by atoms with Gasteiger partial charge in [0.05, 0.1) is 0 Å². The maximum absolute atomic E-state index is 2.43. The molecule has 0 N–H and O–H groups in total. The fourth-order valence-electron chi connectivity index (χ4n) is 7.13. The first-order valence-corrected chi connectivity index (χ1v) is 15.3. The molecule has 0 aliphatic heterocycles. The van der Waals surface area contributed by atoms with Crippen LogP contribution in [0.4, 0.5) is 0 Å². The molecule has 0 saturated heterocycles. The number of benzene rings is 9. The summed E-state index contributed by atoms with van der Waals surface area (Å²) in [4.78, 5) is 0. The maximum atomic E-state index is 2.43. The number of fused-ring (bicyclic) bond motifs is 5. The Kier molecular flexibility index (Phi) is 5.61. The average molecular weight is 557 g/mol. The van der Waals surface area contributed by atoms with Crippen LogP contribution < -0.4 is 0 Å². The second kappa shape index (κ2) is 9.93. The molecule has 0 atom stereocenters. The highest BCUT2D eigenvalue weighted by Gasteiger charge is 2.18. The van der Waals surface area contributed by atoms with Crippen LogP contribution in [0.1, 0.15) is 0 Å². The standard InChI is InChI=1S/C44H28/c1-3-13-32-26-35(22-20-29(32)10-1)43-39-17-7-8-18-40(39)44(36-23-21-30-11-2-4-14-33(30)27-36)42-28-34(24-25-41(42)43)38-19-9-15-31-12-5-6-16-37(31)38/h1-28H. The molecule has 204 valence electrons. The lowest BCUT2D eigenvalue weighted by Crippen LogP contribution is -1.92. The first-order chi connectivity index (χ1) is 21.8. The van der Waals surface area contributed by atoms with Crippen molar-refractivity contribution in [2.75, 3.05) is 0 Å². The van der Waals surface area contributed by atoms with Gasteiger partial charge in [-0.3, -0.25) is 0 Å². The summed E-state index contributed by atoms with van der Waals surface area (Å²) in [6.45, 7) is 0. The van der Waals surface area contributed by atoms with Gasteiger partial charge in [0.15, 0.2) is 0 Å². The SMILES string of the molecule is c1ccc2cc(-c3c4ccccc4c(-c4ccc5ccccc5c4)c4cc(-c5cccc6ccccc56)ccc34)ccc2c1. The molecule has 9 aromatic carbocycles. The summed E-state index contributed by atoms with van der Waals surface area (Å²) >= 11 is 0. The Morgan fingerprint density at radius 2 is 0.682 bits per heavy atom. The van der Waals surface area contributed by atoms with Crippen LogP contribution in [0.15, 0.2) is 170 Å². The van der Waals surface area contributed by atoms with E-state index in [1.807, 2.05) is 0 Å². The summed E-state index contributed by atoms with van der Waals surface area (Å²) in [6, 6.07) is 62.5. The van der Waals surface area contributed by atoms with E-state index in [2.05, 4.69) is 170 Å². The van der Waals surface area contributed by atoms with Gasteiger partial charge >= 0.3 is 0 Å². The molecule has 0 saturated carbocycles. The van der Waals surface area contributed by atoms with Crippen molar-refractivity contribution in [2.45, 2.75) is 0 Å². The Hall–Kier alpha value is -5.72. The summed E-state index contributed by atoms with van der Waals surface area (Å²) in [6.07, 6.45) is 0. The second-order valence-electron chi connectivity index (χ2n) is 11.7. The second-order valence-corrected chi connectivity index (χ2v) is 11.7. The fraction of sp³-hybridized carbons (Fsp3) is 0. The number of hydrogen-bond donors (Lipinski definition) is 0. The van der Waals surface area contributed by atoms with Crippen molar-refractivity contribution in [3.05, 3.63) is 170 Å². The first-order valence-electron chi connectivity index (χ1n) is 15.3. The highest BCUT2D eigenvalue weighted by atomic mass is 14.2. The van der Waals surface area contributed by atoms with Crippen LogP contribution in [0.25, 0.3) is 87.2 Å². The van der Waals surface area contributed by atoms with E-state index in [0.29, 0.717) is 0 Å². The first kappa shape index (κ1) is 24.8.